The number of ether oxygens (including phenoxy) is 2. The smallest absolute Gasteiger partial charge is 0.232 e. The molecule has 2 rings (SSSR count). The minimum atomic E-state index is 0.430. The Balaban J connectivity index is 2.28. The van der Waals surface area contributed by atoms with Crippen LogP contribution >= 0.6 is 15.9 Å². The molecule has 18 heavy (non-hydrogen) atoms. The summed E-state index contributed by atoms with van der Waals surface area (Å²) in [6, 6.07) is 8.28. The summed E-state index contributed by atoms with van der Waals surface area (Å²) in [6.07, 6.45) is 1.62. The lowest BCUT2D eigenvalue weighted by molar-refractivity contribution is 0.394. The molecule has 0 aliphatic carbocycles. The van der Waals surface area contributed by atoms with Crippen LogP contribution in [-0.2, 0) is 0 Å². The molecule has 93 valence electrons. The number of nitrogens with one attached hydrogen (secondary N) is 1. The average Bonchev–Trinajstić information content (AvgIpc) is 2.41. The second-order valence-electron chi connectivity index (χ2n) is 3.30. The predicted octanol–water partition coefficient (Wildman–Crippen LogP) is 2.80. The van der Waals surface area contributed by atoms with E-state index in [-0.39, 0.29) is 0 Å². The largest absolute Gasteiger partial charge is 0.495 e. The fourth-order valence-electron chi connectivity index (χ4n) is 1.36. The molecule has 6 heteroatoms. The summed E-state index contributed by atoms with van der Waals surface area (Å²) in [6.45, 7) is 0. The van der Waals surface area contributed by atoms with Crippen molar-refractivity contribution in [2.45, 2.75) is 0 Å². The predicted molar refractivity (Wildman–Crippen MR) is 71.4 cm³/mol. The van der Waals surface area contributed by atoms with Gasteiger partial charge in [-0.25, -0.2) is 4.98 Å². The van der Waals surface area contributed by atoms with Crippen molar-refractivity contribution in [2.75, 3.05) is 19.5 Å². The van der Waals surface area contributed by atoms with Gasteiger partial charge in [0, 0.05) is 0 Å². The number of benzene rings is 1. The second kappa shape index (κ2) is 5.68. The lowest BCUT2D eigenvalue weighted by Crippen LogP contribution is -2.00. The van der Waals surface area contributed by atoms with Gasteiger partial charge >= 0.3 is 0 Å². The van der Waals surface area contributed by atoms with Crippen molar-refractivity contribution in [3.05, 3.63) is 34.9 Å². The molecule has 5 nitrogen and oxygen atoms in total. The number of hydrogen-bond acceptors (Lipinski definition) is 5. The monoisotopic (exact) mass is 308 g/mol. The zero-order valence-corrected chi connectivity index (χ0v) is 11.5. The first kappa shape index (κ1) is 12.6. The van der Waals surface area contributed by atoms with Gasteiger partial charge in [-0.05, 0) is 34.1 Å². The van der Waals surface area contributed by atoms with E-state index in [1.165, 1.54) is 0 Å². The summed E-state index contributed by atoms with van der Waals surface area (Å²) in [5.41, 5.74) is 0.764. The number of nitrogens with zero attached hydrogens (tertiary/aromatic N) is 2. The van der Waals surface area contributed by atoms with Gasteiger partial charge in [0.05, 0.1) is 30.6 Å². The van der Waals surface area contributed by atoms with Gasteiger partial charge in [0.25, 0.3) is 0 Å². The topological polar surface area (TPSA) is 56.3 Å². The molecule has 0 aliphatic heterocycles. The highest BCUT2D eigenvalue weighted by Gasteiger charge is 2.07. The van der Waals surface area contributed by atoms with E-state index in [9.17, 15) is 0 Å². The minimum absolute atomic E-state index is 0.430. The maximum atomic E-state index is 5.21. The summed E-state index contributed by atoms with van der Waals surface area (Å²) in [7, 11) is 3.15. The van der Waals surface area contributed by atoms with Crippen LogP contribution in [0.1, 0.15) is 0 Å². The van der Waals surface area contributed by atoms with E-state index in [0.717, 1.165) is 5.69 Å². The molecule has 2 aromatic rings. The Bertz CT molecular complexity index is 549. The number of anilines is 2. The van der Waals surface area contributed by atoms with E-state index < -0.39 is 0 Å². The van der Waals surface area contributed by atoms with Crippen LogP contribution < -0.4 is 14.8 Å². The molecule has 0 saturated heterocycles. The molecule has 1 radical (unpaired) electrons. The van der Waals surface area contributed by atoms with Crippen LogP contribution in [0.3, 0.4) is 0 Å². The van der Waals surface area contributed by atoms with Gasteiger partial charge in [0.15, 0.2) is 0 Å². The molecule has 0 unspecified atom stereocenters. The molecule has 1 N–H and O–H groups in total. The first-order valence-electron chi connectivity index (χ1n) is 5.12. The first-order valence-corrected chi connectivity index (χ1v) is 5.91. The molecule has 0 amide bonds. The Kier molecular flexibility index (Phi) is 3.99. The van der Waals surface area contributed by atoms with Gasteiger partial charge in [-0.15, -0.1) is 0 Å². The maximum Gasteiger partial charge on any atom is 0.232 e. The Hall–Kier alpha value is -1.82. The fraction of sp³-hybridized carbons (Fsp3) is 0.167. The zero-order chi connectivity index (χ0) is 13.0. The van der Waals surface area contributed by atoms with Crippen molar-refractivity contribution in [1.29, 1.82) is 0 Å². The van der Waals surface area contributed by atoms with Gasteiger partial charge in [-0.2, -0.15) is 4.98 Å². The lowest BCUT2D eigenvalue weighted by Gasteiger charge is -2.10. The summed E-state index contributed by atoms with van der Waals surface area (Å²) in [5.74, 6) is 1.57. The van der Waals surface area contributed by atoms with Crippen molar-refractivity contribution in [3.63, 3.8) is 0 Å². The molecule has 0 fully saturated rings. The Labute approximate surface area is 113 Å². The Morgan fingerprint density at radius 2 is 2.17 bits per heavy atom. The van der Waals surface area contributed by atoms with E-state index in [1.54, 1.807) is 32.5 Å². The van der Waals surface area contributed by atoms with Crippen LogP contribution in [0.25, 0.3) is 0 Å². The molecule has 0 aliphatic rings. The highest BCUT2D eigenvalue weighted by atomic mass is 79.9. The van der Waals surface area contributed by atoms with Gasteiger partial charge in [0.1, 0.15) is 5.75 Å². The summed E-state index contributed by atoms with van der Waals surface area (Å²) >= 11 is 3.30. The van der Waals surface area contributed by atoms with Crippen LogP contribution in [0.4, 0.5) is 11.6 Å². The summed E-state index contributed by atoms with van der Waals surface area (Å²) in [4.78, 5) is 8.35. The quantitative estimate of drug-likeness (QED) is 0.941. The molecule has 1 aromatic carbocycles. The van der Waals surface area contributed by atoms with Crippen LogP contribution in [-0.4, -0.2) is 24.2 Å². The molecule has 0 bridgehead atoms. The Morgan fingerprint density at radius 1 is 1.33 bits per heavy atom. The van der Waals surface area contributed by atoms with Gasteiger partial charge < -0.3 is 14.8 Å². The van der Waals surface area contributed by atoms with E-state index >= 15 is 0 Å². The first-order chi connectivity index (χ1) is 8.74. The third-order valence-corrected chi connectivity index (χ3v) is 2.74. The highest BCUT2D eigenvalue weighted by molar-refractivity contribution is 9.10. The SMILES string of the molecule is COc1c[c]ccc1Nc1ncc(Br)c(OC)n1. The van der Waals surface area contributed by atoms with Crippen LogP contribution in [0.5, 0.6) is 11.6 Å². The molecule has 1 aromatic heterocycles. The molecular formula is C12H11BrN3O2. The van der Waals surface area contributed by atoms with Crippen molar-refractivity contribution in [2.24, 2.45) is 0 Å². The van der Waals surface area contributed by atoms with Gasteiger partial charge in [0.2, 0.25) is 11.8 Å². The van der Waals surface area contributed by atoms with E-state index in [1.807, 2.05) is 6.07 Å². The zero-order valence-electron chi connectivity index (χ0n) is 9.90. The number of hydrogen-bond donors (Lipinski definition) is 1. The van der Waals surface area contributed by atoms with Crippen molar-refractivity contribution >= 4 is 27.6 Å². The van der Waals surface area contributed by atoms with Crippen LogP contribution in [0.2, 0.25) is 0 Å². The van der Waals surface area contributed by atoms with E-state index in [2.05, 4.69) is 37.3 Å². The maximum absolute atomic E-state index is 5.21. The molecule has 0 spiro atoms. The number of methoxy groups -OCH3 is 2. The van der Waals surface area contributed by atoms with Gasteiger partial charge in [-0.1, -0.05) is 6.07 Å². The van der Waals surface area contributed by atoms with E-state index in [0.29, 0.717) is 22.1 Å². The fourth-order valence-corrected chi connectivity index (χ4v) is 1.72. The third kappa shape index (κ3) is 2.70. The lowest BCUT2D eigenvalue weighted by atomic mass is 10.3. The summed E-state index contributed by atoms with van der Waals surface area (Å²) < 4.78 is 11.0. The number of rotatable bonds is 4. The second-order valence-corrected chi connectivity index (χ2v) is 4.16. The average molecular weight is 309 g/mol. The summed E-state index contributed by atoms with van der Waals surface area (Å²) in [5, 5.41) is 3.06. The van der Waals surface area contributed by atoms with Crippen LogP contribution in [0, 0.1) is 6.07 Å². The molecule has 0 saturated carbocycles. The normalized spacial score (nSPS) is 9.94. The standard InChI is InChI=1S/C12H11BrN3O2/c1-17-10-6-4-3-5-9(10)15-12-14-7-8(13)11(16-12)18-2/h3,5-7H,1-2H3,(H,14,15,16). The Morgan fingerprint density at radius 3 is 2.89 bits per heavy atom. The number of aromatic nitrogens is 2. The highest BCUT2D eigenvalue weighted by Crippen LogP contribution is 2.27. The molecule has 0 atom stereocenters. The number of halogens is 1. The van der Waals surface area contributed by atoms with Crippen LogP contribution in [0.15, 0.2) is 28.9 Å². The third-order valence-electron chi connectivity index (χ3n) is 2.20. The van der Waals surface area contributed by atoms with Gasteiger partial charge in [-0.3, -0.25) is 0 Å². The molecular weight excluding hydrogens is 298 g/mol. The van der Waals surface area contributed by atoms with E-state index in [4.69, 9.17) is 9.47 Å². The minimum Gasteiger partial charge on any atom is -0.495 e. The van der Waals surface area contributed by atoms with Crippen molar-refractivity contribution < 1.29 is 9.47 Å². The van der Waals surface area contributed by atoms with Crippen molar-refractivity contribution in [3.8, 4) is 11.6 Å². The molecule has 1 heterocycles. The van der Waals surface area contributed by atoms with Crippen molar-refractivity contribution in [1.82, 2.24) is 9.97 Å².